The molecule has 0 radical (unpaired) electrons. The number of nitro benzene ring substituents is 1. The van der Waals surface area contributed by atoms with Gasteiger partial charge in [0.1, 0.15) is 6.54 Å². The summed E-state index contributed by atoms with van der Waals surface area (Å²) in [6.45, 7) is 0.304. The number of nitrogens with zero attached hydrogens (tertiary/aromatic N) is 4. The fraction of sp³-hybridized carbons (Fsp3) is 0.167. The molecule has 8 heteroatoms. The van der Waals surface area contributed by atoms with Crippen LogP contribution in [0.15, 0.2) is 53.6 Å². The van der Waals surface area contributed by atoms with Crippen LogP contribution in [0.4, 0.5) is 11.4 Å². The van der Waals surface area contributed by atoms with Crippen LogP contribution in [0.3, 0.4) is 0 Å². The Kier molecular flexibility index (Phi) is 3.72. The zero-order valence-corrected chi connectivity index (χ0v) is 13.7. The number of fused-ring (bicyclic) bond motifs is 2. The molecular weight excluding hydrogens is 336 g/mol. The molecular formula is C18H14N4O4. The predicted molar refractivity (Wildman–Crippen MR) is 95.2 cm³/mol. The number of anilines is 1. The van der Waals surface area contributed by atoms with Crippen LogP contribution >= 0.6 is 0 Å². The Morgan fingerprint density at radius 1 is 1.23 bits per heavy atom. The highest BCUT2D eigenvalue weighted by atomic mass is 16.6. The molecule has 0 fully saturated rings. The number of non-ortho nitro benzene ring substituents is 1. The zero-order chi connectivity index (χ0) is 18.3. The SMILES string of the molecule is O=C(Cn1cnc2ccccc2c1=O)N1CCc2cc([N+](=O)[O-])ccc21. The van der Waals surface area contributed by atoms with Gasteiger partial charge in [0.05, 0.1) is 22.2 Å². The molecule has 0 bridgehead atoms. The van der Waals surface area contributed by atoms with Gasteiger partial charge in [0, 0.05) is 24.4 Å². The summed E-state index contributed by atoms with van der Waals surface area (Å²) in [4.78, 5) is 41.4. The number of para-hydroxylation sites is 1. The van der Waals surface area contributed by atoms with Crippen LogP contribution in [0.5, 0.6) is 0 Å². The van der Waals surface area contributed by atoms with Crippen molar-refractivity contribution in [3.8, 4) is 0 Å². The van der Waals surface area contributed by atoms with E-state index in [9.17, 15) is 19.7 Å². The van der Waals surface area contributed by atoms with Crippen molar-refractivity contribution in [2.24, 2.45) is 0 Å². The Balaban J connectivity index is 1.62. The molecule has 1 aliphatic heterocycles. The fourth-order valence-electron chi connectivity index (χ4n) is 3.21. The van der Waals surface area contributed by atoms with E-state index in [1.54, 1.807) is 35.2 Å². The van der Waals surface area contributed by atoms with Crippen molar-refractivity contribution < 1.29 is 9.72 Å². The summed E-state index contributed by atoms with van der Waals surface area (Å²) in [6.07, 6.45) is 1.92. The highest BCUT2D eigenvalue weighted by molar-refractivity contribution is 5.95. The highest BCUT2D eigenvalue weighted by Gasteiger charge is 2.26. The van der Waals surface area contributed by atoms with Gasteiger partial charge in [0.2, 0.25) is 5.91 Å². The van der Waals surface area contributed by atoms with Crippen molar-refractivity contribution in [1.29, 1.82) is 0 Å². The van der Waals surface area contributed by atoms with Crippen LogP contribution < -0.4 is 10.5 Å². The second-order valence-corrected chi connectivity index (χ2v) is 6.06. The van der Waals surface area contributed by atoms with E-state index in [4.69, 9.17) is 0 Å². The molecule has 0 N–H and O–H groups in total. The summed E-state index contributed by atoms with van der Waals surface area (Å²) in [5.74, 6) is -0.253. The first-order valence-electron chi connectivity index (χ1n) is 8.06. The number of carbonyl (C=O) groups is 1. The van der Waals surface area contributed by atoms with E-state index < -0.39 is 4.92 Å². The first-order valence-corrected chi connectivity index (χ1v) is 8.06. The molecule has 8 nitrogen and oxygen atoms in total. The van der Waals surface area contributed by atoms with E-state index in [1.165, 1.54) is 23.0 Å². The molecule has 0 saturated carbocycles. The van der Waals surface area contributed by atoms with E-state index in [0.717, 1.165) is 5.56 Å². The van der Waals surface area contributed by atoms with Crippen LogP contribution in [0.2, 0.25) is 0 Å². The predicted octanol–water partition coefficient (Wildman–Crippen LogP) is 1.89. The highest BCUT2D eigenvalue weighted by Crippen LogP contribution is 2.31. The maximum absolute atomic E-state index is 12.7. The number of rotatable bonds is 3. The minimum atomic E-state index is -0.453. The van der Waals surface area contributed by atoms with E-state index in [0.29, 0.717) is 29.6 Å². The van der Waals surface area contributed by atoms with Gasteiger partial charge in [-0.05, 0) is 30.2 Å². The molecule has 0 atom stereocenters. The van der Waals surface area contributed by atoms with Crippen molar-refractivity contribution in [3.05, 3.63) is 74.8 Å². The Labute approximate surface area is 147 Å². The second-order valence-electron chi connectivity index (χ2n) is 6.06. The van der Waals surface area contributed by atoms with Gasteiger partial charge < -0.3 is 4.90 Å². The lowest BCUT2D eigenvalue weighted by Crippen LogP contribution is -2.35. The maximum Gasteiger partial charge on any atom is 0.269 e. The second kappa shape index (κ2) is 6.07. The summed E-state index contributed by atoms with van der Waals surface area (Å²) < 4.78 is 1.29. The monoisotopic (exact) mass is 350 g/mol. The van der Waals surface area contributed by atoms with Crippen molar-refractivity contribution in [3.63, 3.8) is 0 Å². The lowest BCUT2D eigenvalue weighted by Gasteiger charge is -2.18. The fourth-order valence-corrected chi connectivity index (χ4v) is 3.21. The summed E-state index contributed by atoms with van der Waals surface area (Å²) in [5.41, 5.74) is 1.74. The summed E-state index contributed by atoms with van der Waals surface area (Å²) >= 11 is 0. The maximum atomic E-state index is 12.7. The average Bonchev–Trinajstić information content (AvgIpc) is 3.07. The minimum absolute atomic E-state index is 0.00741. The van der Waals surface area contributed by atoms with Gasteiger partial charge in [-0.3, -0.25) is 24.3 Å². The Morgan fingerprint density at radius 3 is 2.85 bits per heavy atom. The van der Waals surface area contributed by atoms with Gasteiger partial charge in [-0.1, -0.05) is 12.1 Å². The average molecular weight is 350 g/mol. The number of aromatic nitrogens is 2. The van der Waals surface area contributed by atoms with Gasteiger partial charge in [0.25, 0.3) is 11.2 Å². The quantitative estimate of drug-likeness (QED) is 0.531. The number of hydrogen-bond donors (Lipinski definition) is 0. The molecule has 2 heterocycles. The van der Waals surface area contributed by atoms with Crippen molar-refractivity contribution in [2.45, 2.75) is 13.0 Å². The molecule has 1 aliphatic rings. The van der Waals surface area contributed by atoms with E-state index in [-0.39, 0.29) is 23.7 Å². The van der Waals surface area contributed by atoms with Gasteiger partial charge >= 0.3 is 0 Å². The van der Waals surface area contributed by atoms with Crippen LogP contribution in [-0.4, -0.2) is 26.9 Å². The molecule has 4 rings (SSSR count). The third kappa shape index (κ3) is 2.61. The first-order chi connectivity index (χ1) is 12.5. The Bertz CT molecular complexity index is 1110. The largest absolute Gasteiger partial charge is 0.310 e. The van der Waals surface area contributed by atoms with Crippen molar-refractivity contribution in [1.82, 2.24) is 9.55 Å². The molecule has 0 unspecified atom stereocenters. The van der Waals surface area contributed by atoms with Crippen LogP contribution in [0.25, 0.3) is 10.9 Å². The van der Waals surface area contributed by atoms with Gasteiger partial charge in [-0.2, -0.15) is 0 Å². The van der Waals surface area contributed by atoms with Crippen LogP contribution in [0.1, 0.15) is 5.56 Å². The van der Waals surface area contributed by atoms with E-state index >= 15 is 0 Å². The minimum Gasteiger partial charge on any atom is -0.310 e. The molecule has 3 aromatic rings. The van der Waals surface area contributed by atoms with Gasteiger partial charge in [0.15, 0.2) is 0 Å². The zero-order valence-electron chi connectivity index (χ0n) is 13.7. The van der Waals surface area contributed by atoms with Crippen molar-refractivity contribution >= 4 is 28.2 Å². The lowest BCUT2D eigenvalue weighted by atomic mass is 10.1. The summed E-state index contributed by atoms with van der Waals surface area (Å²) in [5, 5.41) is 11.3. The molecule has 0 aliphatic carbocycles. The number of amides is 1. The standard InChI is InChI=1S/C18H14N4O4/c23-17(10-20-11-19-15-4-2-1-3-14(15)18(20)24)21-8-7-12-9-13(22(25)26)5-6-16(12)21/h1-6,9,11H,7-8,10H2. The third-order valence-corrected chi connectivity index (χ3v) is 4.51. The first kappa shape index (κ1) is 15.9. The summed E-state index contributed by atoms with van der Waals surface area (Å²) in [6, 6.07) is 11.4. The molecule has 2 aromatic carbocycles. The Morgan fingerprint density at radius 2 is 2.04 bits per heavy atom. The molecule has 1 aromatic heterocycles. The smallest absolute Gasteiger partial charge is 0.269 e. The van der Waals surface area contributed by atoms with Gasteiger partial charge in [-0.25, -0.2) is 4.98 Å². The normalized spacial score (nSPS) is 13.0. The van der Waals surface area contributed by atoms with Gasteiger partial charge in [-0.15, -0.1) is 0 Å². The number of carbonyl (C=O) groups excluding carboxylic acids is 1. The summed E-state index contributed by atoms with van der Waals surface area (Å²) in [7, 11) is 0. The van der Waals surface area contributed by atoms with Crippen molar-refractivity contribution in [2.75, 3.05) is 11.4 Å². The van der Waals surface area contributed by atoms with E-state index in [1.807, 2.05) is 0 Å². The molecule has 0 spiro atoms. The van der Waals surface area contributed by atoms with Crippen LogP contribution in [0, 0.1) is 10.1 Å². The molecule has 26 heavy (non-hydrogen) atoms. The van der Waals surface area contributed by atoms with E-state index in [2.05, 4.69) is 4.98 Å². The van der Waals surface area contributed by atoms with Crippen LogP contribution in [-0.2, 0) is 17.8 Å². The molecule has 0 saturated heterocycles. The lowest BCUT2D eigenvalue weighted by molar-refractivity contribution is -0.384. The Hall–Kier alpha value is -3.55. The number of nitro groups is 1. The number of benzene rings is 2. The topological polar surface area (TPSA) is 98.3 Å². The molecule has 1 amide bonds. The molecule has 130 valence electrons. The third-order valence-electron chi connectivity index (χ3n) is 4.51. The number of hydrogen-bond acceptors (Lipinski definition) is 5.